The molecule has 2 heteroatoms. The summed E-state index contributed by atoms with van der Waals surface area (Å²) in [6.45, 7) is 4.16. The van der Waals surface area contributed by atoms with Gasteiger partial charge in [0, 0.05) is 0 Å². The van der Waals surface area contributed by atoms with Gasteiger partial charge >= 0.3 is 0 Å². The Bertz CT molecular complexity index is 463. The first-order chi connectivity index (χ1) is 8.34. The molecule has 2 rings (SSSR count). The van der Waals surface area contributed by atoms with Gasteiger partial charge in [0.05, 0.1) is 0 Å². The zero-order chi connectivity index (χ0) is 11.9. The lowest BCUT2D eigenvalue weighted by molar-refractivity contribution is 0.282. The molecule has 0 atom stereocenters. The second-order valence-electron chi connectivity index (χ2n) is 3.56. The predicted octanol–water partition coefficient (Wildman–Crippen LogP) is 3.66. The standard InChI is InChI=1S/C15H14O2/c1-13(17-15-10-6-3-7-11-15)12-16-14-8-4-2-5-9-14/h2-11H,1,12H2. The maximum atomic E-state index is 5.52. The molecule has 0 aliphatic heterocycles. The molecule has 2 nitrogen and oxygen atoms in total. The van der Waals surface area contributed by atoms with Crippen LogP contribution in [0.2, 0.25) is 0 Å². The summed E-state index contributed by atoms with van der Waals surface area (Å²) in [6, 6.07) is 19.1. The molecule has 0 bridgehead atoms. The van der Waals surface area contributed by atoms with E-state index in [1.807, 2.05) is 60.7 Å². The van der Waals surface area contributed by atoms with Crippen LogP contribution in [0.1, 0.15) is 0 Å². The molecule has 0 aliphatic carbocycles. The molecule has 0 aromatic heterocycles. The van der Waals surface area contributed by atoms with Crippen molar-refractivity contribution in [3.8, 4) is 11.5 Å². The van der Waals surface area contributed by atoms with Crippen LogP contribution in [0.25, 0.3) is 0 Å². The van der Waals surface area contributed by atoms with Crippen LogP contribution in [0.15, 0.2) is 73.0 Å². The van der Waals surface area contributed by atoms with E-state index in [9.17, 15) is 0 Å². The van der Waals surface area contributed by atoms with E-state index in [-0.39, 0.29) is 0 Å². The average molecular weight is 226 g/mol. The number of benzene rings is 2. The van der Waals surface area contributed by atoms with E-state index < -0.39 is 0 Å². The minimum atomic E-state index is 0.346. The number of ether oxygens (including phenoxy) is 2. The van der Waals surface area contributed by atoms with Crippen LogP contribution in [0.5, 0.6) is 11.5 Å². The summed E-state index contributed by atoms with van der Waals surface area (Å²) in [6.07, 6.45) is 0. The van der Waals surface area contributed by atoms with E-state index in [0.29, 0.717) is 12.4 Å². The largest absolute Gasteiger partial charge is 0.486 e. The maximum Gasteiger partial charge on any atom is 0.145 e. The first-order valence-electron chi connectivity index (χ1n) is 5.43. The third-order valence-electron chi connectivity index (χ3n) is 2.15. The van der Waals surface area contributed by atoms with E-state index in [1.165, 1.54) is 0 Å². The first-order valence-corrected chi connectivity index (χ1v) is 5.43. The molecule has 0 N–H and O–H groups in total. The highest BCUT2D eigenvalue weighted by Crippen LogP contribution is 2.13. The summed E-state index contributed by atoms with van der Waals surface area (Å²) in [5.41, 5.74) is 0. The third-order valence-corrected chi connectivity index (χ3v) is 2.15. The van der Waals surface area contributed by atoms with E-state index in [4.69, 9.17) is 9.47 Å². The molecule has 0 saturated heterocycles. The Morgan fingerprint density at radius 1 is 0.824 bits per heavy atom. The zero-order valence-corrected chi connectivity index (χ0v) is 9.50. The van der Waals surface area contributed by atoms with Crippen molar-refractivity contribution in [1.29, 1.82) is 0 Å². The second-order valence-corrected chi connectivity index (χ2v) is 3.56. The van der Waals surface area contributed by atoms with Crippen molar-refractivity contribution in [3.63, 3.8) is 0 Å². The topological polar surface area (TPSA) is 18.5 Å². The summed E-state index contributed by atoms with van der Waals surface area (Å²) in [4.78, 5) is 0. The molecule has 0 spiro atoms. The van der Waals surface area contributed by atoms with E-state index in [0.717, 1.165) is 11.5 Å². The lowest BCUT2D eigenvalue weighted by atomic mass is 10.3. The predicted molar refractivity (Wildman–Crippen MR) is 68.1 cm³/mol. The SMILES string of the molecule is C=C(COc1ccccc1)Oc1ccccc1. The third kappa shape index (κ3) is 3.68. The van der Waals surface area contributed by atoms with Gasteiger partial charge in [-0.3, -0.25) is 0 Å². The number of rotatable bonds is 5. The quantitative estimate of drug-likeness (QED) is 0.724. The molecular formula is C15H14O2. The summed E-state index contributed by atoms with van der Waals surface area (Å²) in [5.74, 6) is 2.17. The van der Waals surface area contributed by atoms with Crippen LogP contribution >= 0.6 is 0 Å². The summed E-state index contributed by atoms with van der Waals surface area (Å²) in [5, 5.41) is 0. The highest BCUT2D eigenvalue weighted by atomic mass is 16.5. The van der Waals surface area contributed by atoms with Gasteiger partial charge in [0.1, 0.15) is 23.9 Å². The smallest absolute Gasteiger partial charge is 0.145 e. The lowest BCUT2D eigenvalue weighted by Crippen LogP contribution is -2.05. The van der Waals surface area contributed by atoms with E-state index in [2.05, 4.69) is 6.58 Å². The molecule has 0 saturated carbocycles. The van der Waals surface area contributed by atoms with Crippen LogP contribution in [-0.2, 0) is 0 Å². The Morgan fingerprint density at radius 3 is 1.94 bits per heavy atom. The van der Waals surface area contributed by atoms with Crippen molar-refractivity contribution in [1.82, 2.24) is 0 Å². The van der Waals surface area contributed by atoms with Gasteiger partial charge in [0.25, 0.3) is 0 Å². The fourth-order valence-electron chi connectivity index (χ4n) is 1.37. The molecule has 0 aliphatic rings. The molecule has 17 heavy (non-hydrogen) atoms. The van der Waals surface area contributed by atoms with Crippen molar-refractivity contribution in [2.24, 2.45) is 0 Å². The zero-order valence-electron chi connectivity index (χ0n) is 9.50. The van der Waals surface area contributed by atoms with Crippen molar-refractivity contribution >= 4 is 0 Å². The van der Waals surface area contributed by atoms with Crippen molar-refractivity contribution in [3.05, 3.63) is 73.0 Å². The van der Waals surface area contributed by atoms with Crippen molar-refractivity contribution in [2.45, 2.75) is 0 Å². The Hall–Kier alpha value is -2.22. The summed E-state index contributed by atoms with van der Waals surface area (Å²) >= 11 is 0. The van der Waals surface area contributed by atoms with Crippen LogP contribution in [0.4, 0.5) is 0 Å². The molecule has 2 aromatic carbocycles. The number of hydrogen-bond acceptors (Lipinski definition) is 2. The Labute approximate surface area is 101 Å². The van der Waals surface area contributed by atoms with Gasteiger partial charge in [-0.15, -0.1) is 0 Å². The Balaban J connectivity index is 1.83. The molecule has 0 unspecified atom stereocenters. The van der Waals surface area contributed by atoms with Crippen molar-refractivity contribution < 1.29 is 9.47 Å². The molecule has 0 fully saturated rings. The molecule has 0 heterocycles. The fourth-order valence-corrected chi connectivity index (χ4v) is 1.37. The first kappa shape index (κ1) is 11.3. The van der Waals surface area contributed by atoms with Gasteiger partial charge in [-0.05, 0) is 24.3 Å². The summed E-state index contributed by atoms with van der Waals surface area (Å²) in [7, 11) is 0. The Kier molecular flexibility index (Phi) is 3.81. The minimum absolute atomic E-state index is 0.346. The Morgan fingerprint density at radius 2 is 1.35 bits per heavy atom. The van der Waals surface area contributed by atoms with Gasteiger partial charge < -0.3 is 9.47 Å². The minimum Gasteiger partial charge on any atom is -0.486 e. The number of para-hydroxylation sites is 2. The highest BCUT2D eigenvalue weighted by molar-refractivity contribution is 5.24. The van der Waals surface area contributed by atoms with Crippen molar-refractivity contribution in [2.75, 3.05) is 6.61 Å². The second kappa shape index (κ2) is 5.75. The molecule has 86 valence electrons. The molecule has 2 aromatic rings. The van der Waals surface area contributed by atoms with Gasteiger partial charge in [0.15, 0.2) is 0 Å². The fraction of sp³-hybridized carbons (Fsp3) is 0.0667. The molecule has 0 radical (unpaired) electrons. The van der Waals surface area contributed by atoms with E-state index >= 15 is 0 Å². The normalized spacial score (nSPS) is 9.65. The van der Waals surface area contributed by atoms with Crippen LogP contribution in [0, 0.1) is 0 Å². The monoisotopic (exact) mass is 226 g/mol. The maximum absolute atomic E-state index is 5.52. The van der Waals surface area contributed by atoms with E-state index in [1.54, 1.807) is 0 Å². The average Bonchev–Trinajstić information content (AvgIpc) is 2.39. The molecular weight excluding hydrogens is 212 g/mol. The van der Waals surface area contributed by atoms with Gasteiger partial charge in [-0.1, -0.05) is 43.0 Å². The van der Waals surface area contributed by atoms with Crippen LogP contribution < -0.4 is 9.47 Å². The lowest BCUT2D eigenvalue weighted by Gasteiger charge is -2.10. The number of hydrogen-bond donors (Lipinski definition) is 0. The van der Waals surface area contributed by atoms with Gasteiger partial charge in [-0.25, -0.2) is 0 Å². The van der Waals surface area contributed by atoms with Gasteiger partial charge in [0.2, 0.25) is 0 Å². The molecule has 0 amide bonds. The van der Waals surface area contributed by atoms with Crippen LogP contribution in [-0.4, -0.2) is 6.61 Å². The van der Waals surface area contributed by atoms with Crippen LogP contribution in [0.3, 0.4) is 0 Å². The van der Waals surface area contributed by atoms with Gasteiger partial charge in [-0.2, -0.15) is 0 Å². The summed E-state index contributed by atoms with van der Waals surface area (Å²) < 4.78 is 11.0. The highest BCUT2D eigenvalue weighted by Gasteiger charge is 1.99.